The molecule has 5 nitrogen and oxygen atoms in total. The number of aromatic nitrogens is 1. The minimum atomic E-state index is -0.320. The number of halogens is 1. The van der Waals surface area contributed by atoms with E-state index in [9.17, 15) is 14.3 Å². The monoisotopic (exact) mass is 337 g/mol. The van der Waals surface area contributed by atoms with Crippen molar-refractivity contribution in [2.24, 2.45) is 0 Å². The van der Waals surface area contributed by atoms with Crippen LogP contribution < -0.4 is 0 Å². The Morgan fingerprint density at radius 3 is 2.72 bits per heavy atom. The summed E-state index contributed by atoms with van der Waals surface area (Å²) in [5.41, 5.74) is 3.01. The molecule has 0 bridgehead atoms. The SMILES string of the molecule is C=C1CN(Cc2ccc(F)cc2)C(=O)C2=C(O)c3ncccc3CN12. The first-order valence-electron chi connectivity index (χ1n) is 7.91. The van der Waals surface area contributed by atoms with E-state index in [4.69, 9.17) is 0 Å². The summed E-state index contributed by atoms with van der Waals surface area (Å²) in [4.78, 5) is 20.4. The van der Waals surface area contributed by atoms with Crippen molar-refractivity contribution in [3.05, 3.63) is 83.2 Å². The molecule has 0 unspecified atom stereocenters. The first kappa shape index (κ1) is 15.4. The average Bonchev–Trinajstić information content (AvgIpc) is 2.61. The van der Waals surface area contributed by atoms with Crippen molar-refractivity contribution >= 4 is 11.7 Å². The molecule has 25 heavy (non-hydrogen) atoms. The van der Waals surface area contributed by atoms with Gasteiger partial charge in [0.05, 0.1) is 13.1 Å². The minimum absolute atomic E-state index is 0.128. The second-order valence-corrected chi connectivity index (χ2v) is 6.15. The highest BCUT2D eigenvalue weighted by Crippen LogP contribution is 2.35. The van der Waals surface area contributed by atoms with Gasteiger partial charge in [0, 0.05) is 24.0 Å². The summed E-state index contributed by atoms with van der Waals surface area (Å²) < 4.78 is 13.1. The summed E-state index contributed by atoms with van der Waals surface area (Å²) >= 11 is 0. The maximum atomic E-state index is 13.1. The fraction of sp³-hybridized carbons (Fsp3) is 0.158. The first-order valence-corrected chi connectivity index (χ1v) is 7.91. The van der Waals surface area contributed by atoms with Crippen LogP contribution in [-0.4, -0.2) is 32.3 Å². The van der Waals surface area contributed by atoms with Gasteiger partial charge < -0.3 is 14.9 Å². The predicted molar refractivity (Wildman–Crippen MR) is 90.3 cm³/mol. The van der Waals surface area contributed by atoms with Crippen molar-refractivity contribution in [1.29, 1.82) is 0 Å². The third kappa shape index (κ3) is 2.55. The topological polar surface area (TPSA) is 56.7 Å². The lowest BCUT2D eigenvalue weighted by molar-refractivity contribution is -0.131. The quantitative estimate of drug-likeness (QED) is 0.915. The molecule has 2 aliphatic heterocycles. The number of nitrogens with zero attached hydrogens (tertiary/aromatic N) is 3. The number of aliphatic hydroxyl groups excluding tert-OH is 1. The molecule has 2 aromatic rings. The van der Waals surface area contributed by atoms with Gasteiger partial charge in [0.2, 0.25) is 0 Å². The molecular formula is C19H16FN3O2. The van der Waals surface area contributed by atoms with E-state index in [1.165, 1.54) is 12.1 Å². The summed E-state index contributed by atoms with van der Waals surface area (Å²) in [6.45, 7) is 5.18. The fourth-order valence-corrected chi connectivity index (χ4v) is 3.22. The van der Waals surface area contributed by atoms with Gasteiger partial charge in [-0.25, -0.2) is 4.39 Å². The zero-order chi connectivity index (χ0) is 17.6. The van der Waals surface area contributed by atoms with E-state index < -0.39 is 0 Å². The van der Waals surface area contributed by atoms with E-state index in [0.29, 0.717) is 25.3 Å². The van der Waals surface area contributed by atoms with Crippen LogP contribution in [0.3, 0.4) is 0 Å². The van der Waals surface area contributed by atoms with Gasteiger partial charge in [0.25, 0.3) is 5.91 Å². The summed E-state index contributed by atoms with van der Waals surface area (Å²) in [7, 11) is 0. The smallest absolute Gasteiger partial charge is 0.275 e. The second kappa shape index (κ2) is 5.73. The Kier molecular flexibility index (Phi) is 3.53. The molecule has 0 aliphatic carbocycles. The fourth-order valence-electron chi connectivity index (χ4n) is 3.22. The number of carbonyl (C=O) groups is 1. The van der Waals surface area contributed by atoms with Crippen molar-refractivity contribution in [3.8, 4) is 0 Å². The molecular weight excluding hydrogens is 321 g/mol. The lowest BCUT2D eigenvalue weighted by Gasteiger charge is -2.41. The molecule has 1 fully saturated rings. The van der Waals surface area contributed by atoms with E-state index in [-0.39, 0.29) is 23.2 Å². The van der Waals surface area contributed by atoms with Gasteiger partial charge in [0.1, 0.15) is 11.5 Å². The molecule has 6 heteroatoms. The number of aliphatic hydroxyl groups is 1. The van der Waals surface area contributed by atoms with Gasteiger partial charge in [-0.05, 0) is 23.8 Å². The Balaban J connectivity index is 1.70. The van der Waals surface area contributed by atoms with Crippen LogP contribution in [0.15, 0.2) is 60.6 Å². The van der Waals surface area contributed by atoms with E-state index >= 15 is 0 Å². The van der Waals surface area contributed by atoms with Crippen LogP contribution in [0.25, 0.3) is 5.76 Å². The van der Waals surface area contributed by atoms with Gasteiger partial charge in [0.15, 0.2) is 11.5 Å². The third-order valence-electron chi connectivity index (χ3n) is 4.47. The van der Waals surface area contributed by atoms with Crippen molar-refractivity contribution in [3.63, 3.8) is 0 Å². The molecule has 126 valence electrons. The molecule has 3 heterocycles. The van der Waals surface area contributed by atoms with Crippen LogP contribution >= 0.6 is 0 Å². The highest BCUT2D eigenvalue weighted by molar-refractivity contribution is 6.01. The van der Waals surface area contributed by atoms with Crippen molar-refractivity contribution in [1.82, 2.24) is 14.8 Å². The van der Waals surface area contributed by atoms with E-state index in [0.717, 1.165) is 16.8 Å². The van der Waals surface area contributed by atoms with Crippen molar-refractivity contribution < 1.29 is 14.3 Å². The number of hydrogen-bond donors (Lipinski definition) is 1. The zero-order valence-corrected chi connectivity index (χ0v) is 13.4. The summed E-state index contributed by atoms with van der Waals surface area (Å²) in [6.07, 6.45) is 1.59. The molecule has 1 amide bonds. The molecule has 0 atom stereocenters. The normalized spacial score (nSPS) is 16.8. The van der Waals surface area contributed by atoms with Crippen LogP contribution in [0.2, 0.25) is 0 Å². The molecule has 0 radical (unpaired) electrons. The Morgan fingerprint density at radius 1 is 1.20 bits per heavy atom. The highest BCUT2D eigenvalue weighted by atomic mass is 19.1. The molecule has 1 aromatic heterocycles. The molecule has 0 spiro atoms. The summed E-state index contributed by atoms with van der Waals surface area (Å²) in [6, 6.07) is 9.68. The van der Waals surface area contributed by atoms with Gasteiger partial charge in [-0.1, -0.05) is 24.8 Å². The highest BCUT2D eigenvalue weighted by Gasteiger charge is 2.38. The Hall–Kier alpha value is -3.15. The standard InChI is InChI=1S/C19H16FN3O2/c1-12-9-22(10-13-4-6-15(20)7-5-13)19(25)17-18(24)16-14(11-23(12)17)3-2-8-21-16/h2-8,24H,1,9-11H2. The minimum Gasteiger partial charge on any atom is -0.504 e. The van der Waals surface area contributed by atoms with Crippen LogP contribution in [0.5, 0.6) is 0 Å². The van der Waals surface area contributed by atoms with E-state index in [2.05, 4.69) is 11.6 Å². The van der Waals surface area contributed by atoms with Crippen LogP contribution in [0.1, 0.15) is 16.8 Å². The summed E-state index contributed by atoms with van der Waals surface area (Å²) in [5, 5.41) is 10.6. The van der Waals surface area contributed by atoms with Crippen LogP contribution in [-0.2, 0) is 17.9 Å². The summed E-state index contributed by atoms with van der Waals surface area (Å²) in [5.74, 6) is -0.734. The van der Waals surface area contributed by atoms with Gasteiger partial charge in [-0.3, -0.25) is 9.78 Å². The first-order chi connectivity index (χ1) is 12.0. The van der Waals surface area contributed by atoms with Crippen LogP contribution in [0, 0.1) is 5.82 Å². The average molecular weight is 337 g/mol. The van der Waals surface area contributed by atoms with Gasteiger partial charge >= 0.3 is 0 Å². The molecule has 1 aromatic carbocycles. The largest absolute Gasteiger partial charge is 0.504 e. The van der Waals surface area contributed by atoms with Gasteiger partial charge in [-0.15, -0.1) is 0 Å². The lowest BCUT2D eigenvalue weighted by atomic mass is 10.0. The lowest BCUT2D eigenvalue weighted by Crippen LogP contribution is -2.47. The number of pyridine rings is 1. The number of benzene rings is 1. The Morgan fingerprint density at radius 2 is 1.96 bits per heavy atom. The van der Waals surface area contributed by atoms with Crippen LogP contribution in [0.4, 0.5) is 4.39 Å². The number of hydrogen-bond acceptors (Lipinski definition) is 4. The van der Waals surface area contributed by atoms with Gasteiger partial charge in [-0.2, -0.15) is 0 Å². The third-order valence-corrected chi connectivity index (χ3v) is 4.47. The van der Waals surface area contributed by atoms with Crippen molar-refractivity contribution in [2.75, 3.05) is 6.54 Å². The number of fused-ring (bicyclic) bond motifs is 2. The molecule has 0 saturated carbocycles. The Labute approximate surface area is 144 Å². The zero-order valence-electron chi connectivity index (χ0n) is 13.4. The van der Waals surface area contributed by atoms with E-state index in [1.54, 1.807) is 34.2 Å². The maximum absolute atomic E-state index is 13.1. The van der Waals surface area contributed by atoms with E-state index in [1.807, 2.05) is 6.07 Å². The molecule has 1 N–H and O–H groups in total. The number of carbonyl (C=O) groups excluding carboxylic acids is 1. The Bertz CT molecular complexity index is 905. The number of piperazine rings is 1. The van der Waals surface area contributed by atoms with Crippen molar-refractivity contribution in [2.45, 2.75) is 13.1 Å². The predicted octanol–water partition coefficient (Wildman–Crippen LogP) is 2.82. The molecule has 2 aliphatic rings. The maximum Gasteiger partial charge on any atom is 0.275 e. The second-order valence-electron chi connectivity index (χ2n) is 6.15. The number of amides is 1. The molecule has 1 saturated heterocycles. The number of rotatable bonds is 2. The molecule has 4 rings (SSSR count).